The molecule has 2 saturated heterocycles. The standard InChI is InChI=1S/C49H76N4O12Si2/c1-15-24-62-46(56)50-38-30-42(40(58-9)28-36(38)44(54)52-22-20-34(52)32-64-66(11,12)48(3,4)5)60-26-18-17-19-27-61-43-31-39(51-47(57)63-25-16-2)37(29-41(43)59-10)45(55)53-23-21-35(53)33-65-67(13,14)49(6,7)8/h15-16,28-31,34-35H,1-2,17-27,32-33H2,3-14H3,(H,50,56)(H,51,57)/t34-,35-/m0/s1. The van der Waals surface area contributed by atoms with Crippen LogP contribution in [-0.4, -0.2) is 129 Å². The number of carbonyl (C=O) groups excluding carboxylic acids is 4. The predicted molar refractivity (Wildman–Crippen MR) is 266 cm³/mol. The molecule has 4 amide bonds. The van der Waals surface area contributed by atoms with Crippen LogP contribution in [0.1, 0.15) is 94.4 Å². The highest BCUT2D eigenvalue weighted by Crippen LogP contribution is 2.41. The Balaban J connectivity index is 1.41. The lowest BCUT2D eigenvalue weighted by molar-refractivity contribution is 0.0310. The Hall–Kier alpha value is -5.05. The summed E-state index contributed by atoms with van der Waals surface area (Å²) < 4.78 is 47.0. The molecule has 0 bridgehead atoms. The van der Waals surface area contributed by atoms with Gasteiger partial charge in [-0.15, -0.1) is 0 Å². The molecule has 2 aromatic rings. The van der Waals surface area contributed by atoms with Gasteiger partial charge in [0.2, 0.25) is 0 Å². The second-order valence-corrected chi connectivity index (χ2v) is 29.5. The third kappa shape index (κ3) is 14.5. The van der Waals surface area contributed by atoms with Crippen LogP contribution in [0.3, 0.4) is 0 Å². The van der Waals surface area contributed by atoms with Crippen molar-refractivity contribution < 1.29 is 56.5 Å². The molecule has 0 aliphatic carbocycles. The van der Waals surface area contributed by atoms with Gasteiger partial charge in [-0.3, -0.25) is 20.2 Å². The SMILES string of the molecule is C=CCOC(=O)Nc1cc(OCCCCCOc2cc(NC(=O)OCC=C)c(C(=O)N3CC[C@H]3CO[Si](C)(C)C(C)(C)C)cc2OC)c(OC)cc1C(=O)N1CC[C@H]1CO[Si](C)(C)C(C)(C)C. The third-order valence-corrected chi connectivity index (χ3v) is 22.2. The number of hydrogen-bond acceptors (Lipinski definition) is 12. The Kier molecular flexibility index (Phi) is 19.4. The number of hydrogen-bond donors (Lipinski definition) is 2. The minimum absolute atomic E-state index is 0.00878. The van der Waals surface area contributed by atoms with Crippen LogP contribution in [0, 0.1) is 0 Å². The molecule has 372 valence electrons. The number of amides is 4. The predicted octanol–water partition coefficient (Wildman–Crippen LogP) is 10.3. The van der Waals surface area contributed by atoms with Crippen molar-refractivity contribution in [3.63, 3.8) is 0 Å². The molecular formula is C49H76N4O12Si2. The first kappa shape index (κ1) is 54.6. The molecule has 0 spiro atoms. The van der Waals surface area contributed by atoms with Crippen LogP contribution >= 0.6 is 0 Å². The summed E-state index contributed by atoms with van der Waals surface area (Å²) in [5, 5.41) is 5.49. The first-order chi connectivity index (χ1) is 31.5. The summed E-state index contributed by atoms with van der Waals surface area (Å²) in [5.41, 5.74) is 0.934. The molecule has 2 aliphatic heterocycles. The summed E-state index contributed by atoms with van der Waals surface area (Å²) in [6.07, 6.45) is 5.01. The molecule has 2 aromatic carbocycles. The zero-order chi connectivity index (χ0) is 49.7. The van der Waals surface area contributed by atoms with E-state index in [0.717, 1.165) is 12.8 Å². The fourth-order valence-corrected chi connectivity index (χ4v) is 8.73. The number of rotatable bonds is 24. The van der Waals surface area contributed by atoms with Gasteiger partial charge >= 0.3 is 12.2 Å². The highest BCUT2D eigenvalue weighted by atomic mass is 28.4. The average Bonchev–Trinajstić information content (AvgIpc) is 3.22. The first-order valence-electron chi connectivity index (χ1n) is 23.2. The van der Waals surface area contributed by atoms with Crippen LogP contribution in [0.4, 0.5) is 21.0 Å². The van der Waals surface area contributed by atoms with E-state index < -0.39 is 28.8 Å². The quantitative estimate of drug-likeness (QED) is 0.0580. The van der Waals surface area contributed by atoms with E-state index in [9.17, 15) is 19.2 Å². The van der Waals surface area contributed by atoms with Crippen molar-refractivity contribution in [3.8, 4) is 23.0 Å². The zero-order valence-corrected chi connectivity index (χ0v) is 44.0. The highest BCUT2D eigenvalue weighted by molar-refractivity contribution is 6.74. The topological polar surface area (TPSA) is 173 Å². The first-order valence-corrected chi connectivity index (χ1v) is 29.0. The van der Waals surface area contributed by atoms with E-state index >= 15 is 0 Å². The van der Waals surface area contributed by atoms with Gasteiger partial charge in [0.25, 0.3) is 11.8 Å². The van der Waals surface area contributed by atoms with Gasteiger partial charge < -0.3 is 47.1 Å². The van der Waals surface area contributed by atoms with Crippen LogP contribution in [0.2, 0.25) is 36.3 Å². The second-order valence-electron chi connectivity index (χ2n) is 19.9. The lowest BCUT2D eigenvalue weighted by Gasteiger charge is -2.44. The summed E-state index contributed by atoms with van der Waals surface area (Å²) in [4.78, 5) is 57.1. The van der Waals surface area contributed by atoms with Gasteiger partial charge in [0.15, 0.2) is 39.6 Å². The maximum atomic E-state index is 14.0. The molecule has 67 heavy (non-hydrogen) atoms. The van der Waals surface area contributed by atoms with Crippen LogP contribution in [-0.2, 0) is 18.3 Å². The maximum Gasteiger partial charge on any atom is 0.411 e. The normalized spacial score (nSPS) is 16.2. The van der Waals surface area contributed by atoms with Crippen molar-refractivity contribution in [2.75, 3.05) is 77.6 Å². The minimum atomic E-state index is -2.04. The molecule has 2 fully saturated rings. The molecule has 0 radical (unpaired) electrons. The maximum absolute atomic E-state index is 14.0. The van der Waals surface area contributed by atoms with Crippen molar-refractivity contribution in [1.29, 1.82) is 0 Å². The Morgan fingerprint density at radius 2 is 1.00 bits per heavy atom. The molecule has 2 atom stereocenters. The molecule has 16 nitrogen and oxygen atoms in total. The third-order valence-electron chi connectivity index (χ3n) is 13.2. The second kappa shape index (κ2) is 23.8. The van der Waals surface area contributed by atoms with Crippen LogP contribution < -0.4 is 29.6 Å². The van der Waals surface area contributed by atoms with Crippen molar-refractivity contribution in [2.24, 2.45) is 0 Å². The number of unbranched alkanes of at least 4 members (excludes halogenated alkanes) is 2. The number of ether oxygens (including phenoxy) is 6. The molecule has 4 rings (SSSR count). The van der Waals surface area contributed by atoms with E-state index in [2.05, 4.69) is 91.5 Å². The van der Waals surface area contributed by atoms with E-state index in [4.69, 9.17) is 37.3 Å². The summed E-state index contributed by atoms with van der Waals surface area (Å²) in [6, 6.07) is 6.14. The number of anilines is 2. The number of nitrogens with zero attached hydrogens (tertiary/aromatic N) is 2. The fraction of sp³-hybridized carbons (Fsp3) is 0.592. The lowest BCUT2D eigenvalue weighted by atomic mass is 10.0. The van der Waals surface area contributed by atoms with Gasteiger partial charge in [0, 0.05) is 25.2 Å². The number of nitrogens with one attached hydrogen (secondary N) is 2. The Morgan fingerprint density at radius 1 is 0.627 bits per heavy atom. The number of carbonyl (C=O) groups is 4. The summed E-state index contributed by atoms with van der Waals surface area (Å²) in [6.45, 7) is 31.6. The van der Waals surface area contributed by atoms with Crippen molar-refractivity contribution in [1.82, 2.24) is 9.80 Å². The van der Waals surface area contributed by atoms with Crippen molar-refractivity contribution in [2.45, 2.75) is 122 Å². The summed E-state index contributed by atoms with van der Waals surface area (Å²) in [7, 11) is -1.08. The van der Waals surface area contributed by atoms with Gasteiger partial charge in [0.05, 0.1) is 75.2 Å². The van der Waals surface area contributed by atoms with E-state index in [1.807, 2.05) is 0 Å². The zero-order valence-electron chi connectivity index (χ0n) is 42.0. The van der Waals surface area contributed by atoms with Gasteiger partial charge in [-0.25, -0.2) is 9.59 Å². The Bertz CT molecular complexity index is 1920. The monoisotopic (exact) mass is 968 g/mol. The van der Waals surface area contributed by atoms with Gasteiger partial charge in [-0.1, -0.05) is 66.9 Å². The van der Waals surface area contributed by atoms with Crippen LogP contribution in [0.5, 0.6) is 23.0 Å². The molecule has 0 saturated carbocycles. The van der Waals surface area contributed by atoms with E-state index in [0.29, 0.717) is 81.8 Å². The molecule has 18 heteroatoms. The van der Waals surface area contributed by atoms with Gasteiger partial charge in [-0.2, -0.15) is 0 Å². The largest absolute Gasteiger partial charge is 0.493 e. The molecule has 2 N–H and O–H groups in total. The van der Waals surface area contributed by atoms with Gasteiger partial charge in [0.1, 0.15) is 13.2 Å². The lowest BCUT2D eigenvalue weighted by Crippen LogP contribution is -2.55. The Morgan fingerprint density at radius 3 is 1.30 bits per heavy atom. The fourth-order valence-electron chi connectivity index (χ4n) is 6.65. The molecular weight excluding hydrogens is 893 g/mol. The summed E-state index contributed by atoms with van der Waals surface area (Å²) >= 11 is 0. The average molecular weight is 969 g/mol. The molecule has 0 unspecified atom stereocenters. The highest BCUT2D eigenvalue weighted by Gasteiger charge is 2.42. The smallest absolute Gasteiger partial charge is 0.411 e. The van der Waals surface area contributed by atoms with Crippen molar-refractivity contribution in [3.05, 3.63) is 60.7 Å². The molecule has 0 aromatic heterocycles. The summed E-state index contributed by atoms with van der Waals surface area (Å²) in [5.74, 6) is 0.827. The number of benzene rings is 2. The minimum Gasteiger partial charge on any atom is -0.493 e. The van der Waals surface area contributed by atoms with Gasteiger partial charge in [-0.05, 0) is 80.5 Å². The Labute approximate surface area is 400 Å². The van der Waals surface area contributed by atoms with Crippen LogP contribution in [0.15, 0.2) is 49.6 Å². The van der Waals surface area contributed by atoms with E-state index in [-0.39, 0.29) is 69.7 Å². The van der Waals surface area contributed by atoms with E-state index in [1.54, 1.807) is 34.1 Å². The van der Waals surface area contributed by atoms with Crippen LogP contribution in [0.25, 0.3) is 0 Å². The molecule has 2 aliphatic rings. The number of likely N-dealkylation sites (tertiary alicyclic amines) is 2. The number of methoxy groups -OCH3 is 2. The molecule has 2 heterocycles. The van der Waals surface area contributed by atoms with E-state index in [1.165, 1.54) is 26.4 Å². The van der Waals surface area contributed by atoms with Crippen molar-refractivity contribution >= 4 is 52.0 Å².